The van der Waals surface area contributed by atoms with Gasteiger partial charge in [-0.25, -0.2) is 0 Å². The van der Waals surface area contributed by atoms with Crippen molar-refractivity contribution in [1.29, 1.82) is 0 Å². The molecule has 0 radical (unpaired) electrons. The maximum atomic E-state index is 10.2. The number of rotatable bonds is 3. The Morgan fingerprint density at radius 1 is 1.47 bits per heavy atom. The molecule has 1 saturated heterocycles. The summed E-state index contributed by atoms with van der Waals surface area (Å²) >= 11 is 0. The summed E-state index contributed by atoms with van der Waals surface area (Å²) in [5, 5.41) is 10.2. The van der Waals surface area contributed by atoms with E-state index in [1.807, 2.05) is 6.92 Å². The minimum Gasteiger partial charge on any atom is -0.496 e. The number of methoxy groups -OCH3 is 1. The topological polar surface area (TPSA) is 32.7 Å². The lowest BCUT2D eigenvalue weighted by molar-refractivity contribution is -0.0524. The fraction of sp³-hybridized carbons (Fsp3) is 0.625. The van der Waals surface area contributed by atoms with Crippen molar-refractivity contribution >= 4 is 0 Å². The van der Waals surface area contributed by atoms with Crippen LogP contribution in [0.1, 0.15) is 31.4 Å². The third kappa shape index (κ3) is 3.28. The SMILES string of the molecule is COc1cc(C)ccc1CN1CC[C@@](C)(O)[C@@H](C)C1. The molecule has 2 rings (SSSR count). The standard InChI is InChI=1S/C16H25NO2/c1-12-5-6-14(15(9-12)19-4)11-17-8-7-16(3,18)13(2)10-17/h5-6,9,13,18H,7-8,10-11H2,1-4H3/t13-,16+/m0/s1. The van der Waals surface area contributed by atoms with Gasteiger partial charge in [0.1, 0.15) is 5.75 Å². The normalized spacial score (nSPS) is 28.4. The van der Waals surface area contributed by atoms with Gasteiger partial charge in [-0.05, 0) is 37.8 Å². The molecule has 0 aromatic heterocycles. The fourth-order valence-electron chi connectivity index (χ4n) is 2.67. The number of ether oxygens (including phenoxy) is 1. The zero-order valence-corrected chi connectivity index (χ0v) is 12.4. The van der Waals surface area contributed by atoms with E-state index in [2.05, 4.69) is 36.9 Å². The van der Waals surface area contributed by atoms with Crippen molar-refractivity contribution in [2.75, 3.05) is 20.2 Å². The summed E-state index contributed by atoms with van der Waals surface area (Å²) in [6.45, 7) is 8.91. The molecule has 0 bridgehead atoms. The lowest BCUT2D eigenvalue weighted by Crippen LogP contribution is -2.48. The van der Waals surface area contributed by atoms with Gasteiger partial charge >= 0.3 is 0 Å². The first-order valence-electron chi connectivity index (χ1n) is 7.00. The average Bonchev–Trinajstić information content (AvgIpc) is 2.36. The molecular weight excluding hydrogens is 238 g/mol. The fourth-order valence-corrected chi connectivity index (χ4v) is 2.67. The van der Waals surface area contributed by atoms with Crippen molar-refractivity contribution < 1.29 is 9.84 Å². The minimum atomic E-state index is -0.520. The van der Waals surface area contributed by atoms with Crippen LogP contribution in [0.15, 0.2) is 18.2 Å². The Labute approximate surface area is 116 Å². The minimum absolute atomic E-state index is 0.303. The highest BCUT2D eigenvalue weighted by atomic mass is 16.5. The third-order valence-corrected chi connectivity index (χ3v) is 4.36. The van der Waals surface area contributed by atoms with E-state index in [0.29, 0.717) is 5.92 Å². The molecule has 19 heavy (non-hydrogen) atoms. The summed E-state index contributed by atoms with van der Waals surface area (Å²) in [6.07, 6.45) is 0.836. The lowest BCUT2D eigenvalue weighted by Gasteiger charge is -2.41. The van der Waals surface area contributed by atoms with Crippen LogP contribution in [-0.2, 0) is 6.54 Å². The predicted octanol–water partition coefficient (Wildman–Crippen LogP) is 2.60. The number of aliphatic hydroxyl groups is 1. The van der Waals surface area contributed by atoms with Gasteiger partial charge in [0.15, 0.2) is 0 Å². The van der Waals surface area contributed by atoms with E-state index in [9.17, 15) is 5.11 Å². The second kappa shape index (κ2) is 5.51. The van der Waals surface area contributed by atoms with Gasteiger partial charge in [0.2, 0.25) is 0 Å². The third-order valence-electron chi connectivity index (χ3n) is 4.36. The van der Waals surface area contributed by atoms with Crippen molar-refractivity contribution in [2.24, 2.45) is 5.92 Å². The number of nitrogens with zero attached hydrogens (tertiary/aromatic N) is 1. The Morgan fingerprint density at radius 2 is 2.21 bits per heavy atom. The van der Waals surface area contributed by atoms with E-state index in [4.69, 9.17) is 4.74 Å². The molecule has 3 nitrogen and oxygen atoms in total. The highest BCUT2D eigenvalue weighted by Crippen LogP contribution is 2.29. The lowest BCUT2D eigenvalue weighted by atomic mass is 9.84. The maximum absolute atomic E-state index is 10.2. The monoisotopic (exact) mass is 263 g/mol. The molecule has 1 aliphatic rings. The van der Waals surface area contributed by atoms with Gasteiger partial charge < -0.3 is 9.84 Å². The first-order valence-corrected chi connectivity index (χ1v) is 7.00. The van der Waals surface area contributed by atoms with E-state index < -0.39 is 5.60 Å². The van der Waals surface area contributed by atoms with Crippen LogP contribution in [0.25, 0.3) is 0 Å². The van der Waals surface area contributed by atoms with Gasteiger partial charge in [0.25, 0.3) is 0 Å². The Morgan fingerprint density at radius 3 is 2.84 bits per heavy atom. The summed E-state index contributed by atoms with van der Waals surface area (Å²) in [4.78, 5) is 2.40. The second-order valence-electron chi connectivity index (χ2n) is 6.06. The number of hydrogen-bond donors (Lipinski definition) is 1. The summed E-state index contributed by atoms with van der Waals surface area (Å²) < 4.78 is 5.46. The molecule has 0 spiro atoms. The van der Waals surface area contributed by atoms with Crippen LogP contribution in [0.5, 0.6) is 5.75 Å². The Hall–Kier alpha value is -1.06. The number of benzene rings is 1. The zero-order valence-electron chi connectivity index (χ0n) is 12.4. The van der Waals surface area contributed by atoms with Crippen LogP contribution in [0.4, 0.5) is 0 Å². The number of hydrogen-bond acceptors (Lipinski definition) is 3. The molecule has 106 valence electrons. The molecule has 3 heteroatoms. The molecule has 1 aliphatic heterocycles. The molecule has 0 unspecified atom stereocenters. The molecule has 1 N–H and O–H groups in total. The van der Waals surface area contributed by atoms with E-state index in [1.54, 1.807) is 7.11 Å². The number of piperidine rings is 1. The van der Waals surface area contributed by atoms with Gasteiger partial charge in [-0.15, -0.1) is 0 Å². The smallest absolute Gasteiger partial charge is 0.123 e. The average molecular weight is 263 g/mol. The van der Waals surface area contributed by atoms with Crippen molar-refractivity contribution in [3.05, 3.63) is 29.3 Å². The van der Waals surface area contributed by atoms with Crippen LogP contribution in [0, 0.1) is 12.8 Å². The first-order chi connectivity index (χ1) is 8.92. The highest BCUT2D eigenvalue weighted by Gasteiger charge is 2.34. The Balaban J connectivity index is 2.06. The van der Waals surface area contributed by atoms with Gasteiger partial charge in [0.05, 0.1) is 12.7 Å². The van der Waals surface area contributed by atoms with Crippen LogP contribution in [-0.4, -0.2) is 35.8 Å². The van der Waals surface area contributed by atoms with E-state index in [1.165, 1.54) is 11.1 Å². The van der Waals surface area contributed by atoms with E-state index in [-0.39, 0.29) is 0 Å². The molecule has 1 heterocycles. The zero-order chi connectivity index (χ0) is 14.0. The van der Waals surface area contributed by atoms with Gasteiger partial charge in [-0.3, -0.25) is 4.90 Å². The molecule has 0 aliphatic carbocycles. The number of likely N-dealkylation sites (tertiary alicyclic amines) is 1. The molecular formula is C16H25NO2. The highest BCUT2D eigenvalue weighted by molar-refractivity contribution is 5.37. The quantitative estimate of drug-likeness (QED) is 0.910. The molecule has 0 amide bonds. The Bertz CT molecular complexity index is 442. The molecule has 1 aromatic carbocycles. The van der Waals surface area contributed by atoms with Crippen LogP contribution in [0.2, 0.25) is 0 Å². The van der Waals surface area contributed by atoms with Crippen LogP contribution < -0.4 is 4.74 Å². The first kappa shape index (κ1) is 14.4. The molecule has 2 atom stereocenters. The maximum Gasteiger partial charge on any atom is 0.123 e. The van der Waals surface area contributed by atoms with Gasteiger partial charge in [-0.2, -0.15) is 0 Å². The van der Waals surface area contributed by atoms with E-state index >= 15 is 0 Å². The van der Waals surface area contributed by atoms with Gasteiger partial charge in [0, 0.05) is 25.2 Å². The van der Waals surface area contributed by atoms with Crippen molar-refractivity contribution in [3.8, 4) is 5.75 Å². The predicted molar refractivity (Wildman–Crippen MR) is 77.4 cm³/mol. The van der Waals surface area contributed by atoms with Crippen molar-refractivity contribution in [2.45, 2.75) is 39.3 Å². The van der Waals surface area contributed by atoms with E-state index in [0.717, 1.165) is 31.8 Å². The number of aryl methyl sites for hydroxylation is 1. The van der Waals surface area contributed by atoms with Crippen molar-refractivity contribution in [3.63, 3.8) is 0 Å². The summed E-state index contributed by atoms with van der Waals surface area (Å²) in [5.74, 6) is 1.27. The molecule has 0 saturated carbocycles. The molecule has 1 aromatic rings. The van der Waals surface area contributed by atoms with Gasteiger partial charge in [-0.1, -0.05) is 19.1 Å². The second-order valence-corrected chi connectivity index (χ2v) is 6.06. The van der Waals surface area contributed by atoms with Crippen LogP contribution in [0.3, 0.4) is 0 Å². The summed E-state index contributed by atoms with van der Waals surface area (Å²) in [7, 11) is 1.72. The van der Waals surface area contributed by atoms with Crippen molar-refractivity contribution in [1.82, 2.24) is 4.90 Å². The Kier molecular flexibility index (Phi) is 4.16. The summed E-state index contributed by atoms with van der Waals surface area (Å²) in [5.41, 5.74) is 1.92. The molecule has 1 fully saturated rings. The largest absolute Gasteiger partial charge is 0.496 e. The van der Waals surface area contributed by atoms with Crippen LogP contribution >= 0.6 is 0 Å². The summed E-state index contributed by atoms with van der Waals surface area (Å²) in [6, 6.07) is 6.35.